The van der Waals surface area contributed by atoms with Gasteiger partial charge in [-0.2, -0.15) is 0 Å². The number of carboxylic acids is 1. The number of amides is 1. The van der Waals surface area contributed by atoms with Crippen LogP contribution in [0.5, 0.6) is 0 Å². The lowest BCUT2D eigenvalue weighted by molar-refractivity contribution is -0.139. The van der Waals surface area contributed by atoms with Gasteiger partial charge in [-0.25, -0.2) is 14.6 Å². The van der Waals surface area contributed by atoms with Crippen molar-refractivity contribution in [1.82, 2.24) is 14.9 Å². The monoisotopic (exact) mass is 441 g/mol. The van der Waals surface area contributed by atoms with Crippen LogP contribution in [0, 0.1) is 0 Å². The topological polar surface area (TPSA) is 93.5 Å². The molecule has 0 saturated carbocycles. The first-order chi connectivity index (χ1) is 16.1. The zero-order valence-corrected chi connectivity index (χ0v) is 17.8. The van der Waals surface area contributed by atoms with E-state index in [2.05, 4.69) is 22.4 Å². The second-order valence-corrected chi connectivity index (χ2v) is 8.08. The third-order valence-electron chi connectivity index (χ3n) is 6.12. The number of aromatic nitrogens is 2. The Balaban J connectivity index is 1.23. The standard InChI is InChI=1S/C26H23N3O4/c30-25(31)23(13-14-29-16-27-22-11-5-6-12-24(22)29)28-26(32)33-15-21-19-9-3-1-7-17(19)18-8-2-4-10-20(18)21/h1-12,16,21,23H,13-15H2,(H,28,32)(H,30,31). The smallest absolute Gasteiger partial charge is 0.407 e. The minimum Gasteiger partial charge on any atom is -0.480 e. The van der Waals surface area contributed by atoms with Gasteiger partial charge in [0.15, 0.2) is 0 Å². The molecule has 1 aromatic heterocycles. The van der Waals surface area contributed by atoms with E-state index in [4.69, 9.17) is 4.74 Å². The van der Waals surface area contributed by atoms with Crippen molar-refractivity contribution < 1.29 is 19.4 Å². The number of carbonyl (C=O) groups excluding carboxylic acids is 1. The first-order valence-corrected chi connectivity index (χ1v) is 10.9. The number of hydrogen-bond donors (Lipinski definition) is 2. The number of imidazole rings is 1. The molecule has 166 valence electrons. The lowest BCUT2D eigenvalue weighted by Gasteiger charge is -2.17. The number of aryl methyl sites for hydroxylation is 1. The van der Waals surface area contributed by atoms with Gasteiger partial charge in [-0.15, -0.1) is 0 Å². The van der Waals surface area contributed by atoms with Crippen LogP contribution >= 0.6 is 0 Å². The summed E-state index contributed by atoms with van der Waals surface area (Å²) >= 11 is 0. The van der Waals surface area contributed by atoms with Crippen molar-refractivity contribution in [2.75, 3.05) is 6.61 Å². The molecular weight excluding hydrogens is 418 g/mol. The molecule has 3 aromatic carbocycles. The normalized spacial score (nSPS) is 13.3. The molecule has 1 atom stereocenters. The zero-order chi connectivity index (χ0) is 22.8. The Kier molecular flexibility index (Phi) is 5.52. The Bertz CT molecular complexity index is 1280. The Labute approximate surface area is 190 Å². The highest BCUT2D eigenvalue weighted by atomic mass is 16.5. The number of carboxylic acid groups (broad SMARTS) is 1. The maximum atomic E-state index is 12.5. The van der Waals surface area contributed by atoms with Gasteiger partial charge in [0.25, 0.3) is 0 Å². The number of hydrogen-bond acceptors (Lipinski definition) is 4. The van der Waals surface area contributed by atoms with Crippen LogP contribution in [0.1, 0.15) is 23.5 Å². The van der Waals surface area contributed by atoms with Crippen LogP contribution in [0.4, 0.5) is 4.79 Å². The summed E-state index contributed by atoms with van der Waals surface area (Å²) in [4.78, 5) is 28.6. The number of rotatable bonds is 7. The van der Waals surface area contributed by atoms with Crippen LogP contribution in [0.2, 0.25) is 0 Å². The molecule has 0 fully saturated rings. The summed E-state index contributed by atoms with van der Waals surface area (Å²) < 4.78 is 7.37. The summed E-state index contributed by atoms with van der Waals surface area (Å²) in [6, 6.07) is 22.7. The van der Waals surface area contributed by atoms with Crippen molar-refractivity contribution >= 4 is 23.1 Å². The zero-order valence-electron chi connectivity index (χ0n) is 17.8. The van der Waals surface area contributed by atoms with E-state index < -0.39 is 18.1 Å². The molecule has 1 amide bonds. The van der Waals surface area contributed by atoms with Crippen LogP contribution < -0.4 is 5.32 Å². The van der Waals surface area contributed by atoms with Crippen LogP contribution in [0.3, 0.4) is 0 Å². The molecule has 1 aliphatic carbocycles. The Morgan fingerprint density at radius 3 is 2.30 bits per heavy atom. The maximum Gasteiger partial charge on any atom is 0.407 e. The third kappa shape index (κ3) is 4.05. The molecule has 1 heterocycles. The van der Waals surface area contributed by atoms with Gasteiger partial charge in [-0.3, -0.25) is 0 Å². The number of benzene rings is 3. The molecule has 1 unspecified atom stereocenters. The van der Waals surface area contributed by atoms with Gasteiger partial charge in [0.05, 0.1) is 17.4 Å². The minimum atomic E-state index is -1.10. The summed E-state index contributed by atoms with van der Waals surface area (Å²) in [5.41, 5.74) is 6.24. The number of alkyl carbamates (subject to hydrolysis) is 1. The minimum absolute atomic E-state index is 0.0799. The van der Waals surface area contributed by atoms with E-state index in [1.54, 1.807) is 6.33 Å². The van der Waals surface area contributed by atoms with Gasteiger partial charge >= 0.3 is 12.1 Å². The van der Waals surface area contributed by atoms with Crippen molar-refractivity contribution in [2.24, 2.45) is 0 Å². The fourth-order valence-electron chi connectivity index (χ4n) is 4.50. The number of aliphatic carboxylic acids is 1. The van der Waals surface area contributed by atoms with Gasteiger partial charge < -0.3 is 19.7 Å². The van der Waals surface area contributed by atoms with Gasteiger partial charge in [0.1, 0.15) is 12.6 Å². The Morgan fingerprint density at radius 1 is 0.970 bits per heavy atom. The molecule has 2 N–H and O–H groups in total. The molecule has 0 bridgehead atoms. The number of carbonyl (C=O) groups is 2. The van der Waals surface area contributed by atoms with Gasteiger partial charge in [-0.1, -0.05) is 60.7 Å². The summed E-state index contributed by atoms with van der Waals surface area (Å²) in [7, 11) is 0. The SMILES string of the molecule is O=C(NC(CCn1cnc2ccccc21)C(=O)O)OCC1c2ccccc2-c2ccccc21. The van der Waals surface area contributed by atoms with Crippen molar-refractivity contribution in [3.05, 3.63) is 90.3 Å². The average molecular weight is 441 g/mol. The van der Waals surface area contributed by atoms with Crippen LogP contribution in [-0.4, -0.2) is 39.4 Å². The van der Waals surface area contributed by atoms with Crippen LogP contribution in [0.25, 0.3) is 22.2 Å². The van der Waals surface area contributed by atoms with E-state index in [0.717, 1.165) is 33.3 Å². The first kappa shape index (κ1) is 20.8. The first-order valence-electron chi connectivity index (χ1n) is 10.9. The predicted octanol–water partition coefficient (Wildman–Crippen LogP) is 4.42. The molecule has 5 rings (SSSR count). The van der Waals surface area contributed by atoms with E-state index in [-0.39, 0.29) is 18.9 Å². The fraction of sp³-hybridized carbons (Fsp3) is 0.192. The molecule has 0 aliphatic heterocycles. The summed E-state index contributed by atoms with van der Waals surface area (Å²) in [5, 5.41) is 12.1. The van der Waals surface area contributed by atoms with E-state index in [1.807, 2.05) is 65.2 Å². The molecule has 7 heteroatoms. The lowest BCUT2D eigenvalue weighted by Crippen LogP contribution is -2.42. The molecule has 4 aromatic rings. The molecule has 0 radical (unpaired) electrons. The lowest BCUT2D eigenvalue weighted by atomic mass is 9.98. The highest BCUT2D eigenvalue weighted by Gasteiger charge is 2.29. The molecule has 0 spiro atoms. The highest BCUT2D eigenvalue weighted by Crippen LogP contribution is 2.44. The summed E-state index contributed by atoms with van der Waals surface area (Å²) in [6.07, 6.45) is 1.15. The second-order valence-electron chi connectivity index (χ2n) is 8.08. The number of para-hydroxylation sites is 2. The van der Waals surface area contributed by atoms with Crippen LogP contribution in [0.15, 0.2) is 79.1 Å². The van der Waals surface area contributed by atoms with Crippen LogP contribution in [-0.2, 0) is 16.1 Å². The van der Waals surface area contributed by atoms with Crippen molar-refractivity contribution in [3.8, 4) is 11.1 Å². The van der Waals surface area contributed by atoms with Gasteiger partial charge in [0.2, 0.25) is 0 Å². The second kappa shape index (κ2) is 8.78. The largest absolute Gasteiger partial charge is 0.480 e. The number of nitrogens with one attached hydrogen (secondary N) is 1. The average Bonchev–Trinajstić information content (AvgIpc) is 3.39. The van der Waals surface area contributed by atoms with Crippen molar-refractivity contribution in [2.45, 2.75) is 24.9 Å². The number of ether oxygens (including phenoxy) is 1. The van der Waals surface area contributed by atoms with Crippen molar-refractivity contribution in [3.63, 3.8) is 0 Å². The van der Waals surface area contributed by atoms with Gasteiger partial charge in [0, 0.05) is 12.5 Å². The molecule has 33 heavy (non-hydrogen) atoms. The maximum absolute atomic E-state index is 12.5. The number of nitrogens with zero attached hydrogens (tertiary/aromatic N) is 2. The number of fused-ring (bicyclic) bond motifs is 4. The molecule has 1 aliphatic rings. The summed E-state index contributed by atoms with van der Waals surface area (Å²) in [6.45, 7) is 0.541. The third-order valence-corrected chi connectivity index (χ3v) is 6.12. The fourth-order valence-corrected chi connectivity index (χ4v) is 4.50. The van der Waals surface area contributed by atoms with E-state index in [1.165, 1.54) is 0 Å². The van der Waals surface area contributed by atoms with Gasteiger partial charge in [-0.05, 0) is 40.8 Å². The van der Waals surface area contributed by atoms with E-state index in [0.29, 0.717) is 6.54 Å². The molecular formula is C26H23N3O4. The Morgan fingerprint density at radius 2 is 1.61 bits per heavy atom. The molecule has 0 saturated heterocycles. The van der Waals surface area contributed by atoms with E-state index in [9.17, 15) is 14.7 Å². The Hall–Kier alpha value is -4.13. The van der Waals surface area contributed by atoms with E-state index >= 15 is 0 Å². The summed E-state index contributed by atoms with van der Waals surface area (Å²) in [5.74, 6) is -1.18. The predicted molar refractivity (Wildman–Crippen MR) is 124 cm³/mol. The molecule has 7 nitrogen and oxygen atoms in total. The van der Waals surface area contributed by atoms with Crippen molar-refractivity contribution in [1.29, 1.82) is 0 Å². The highest BCUT2D eigenvalue weighted by molar-refractivity contribution is 5.81. The quantitative estimate of drug-likeness (QED) is 0.443.